The van der Waals surface area contributed by atoms with Gasteiger partial charge in [0.25, 0.3) is 0 Å². The summed E-state index contributed by atoms with van der Waals surface area (Å²) in [5.74, 6) is 0.781. The van der Waals surface area contributed by atoms with E-state index in [4.69, 9.17) is 0 Å². The van der Waals surface area contributed by atoms with Gasteiger partial charge in [0.1, 0.15) is 5.69 Å². The number of hydrogen-bond acceptors (Lipinski definition) is 3. The minimum atomic E-state index is -0.514. The second-order valence-corrected chi connectivity index (χ2v) is 4.72. The van der Waals surface area contributed by atoms with Crippen molar-refractivity contribution in [3.8, 4) is 0 Å². The first-order chi connectivity index (χ1) is 7.16. The van der Waals surface area contributed by atoms with Gasteiger partial charge in [-0.25, -0.2) is 4.68 Å². The summed E-state index contributed by atoms with van der Waals surface area (Å²) in [6, 6.07) is 0.480. The zero-order valence-electron chi connectivity index (χ0n) is 9.43. The molecule has 1 N–H and O–H groups in total. The van der Waals surface area contributed by atoms with Crippen LogP contribution in [0.3, 0.4) is 0 Å². The third-order valence-electron chi connectivity index (χ3n) is 3.24. The Morgan fingerprint density at radius 2 is 2.33 bits per heavy atom. The molecule has 1 saturated carbocycles. The fraction of sp³-hybridized carbons (Fsp3) is 0.818. The summed E-state index contributed by atoms with van der Waals surface area (Å²) in [6.45, 7) is 4.01. The number of aliphatic hydroxyl groups is 1. The van der Waals surface area contributed by atoms with E-state index in [2.05, 4.69) is 17.2 Å². The summed E-state index contributed by atoms with van der Waals surface area (Å²) in [5, 5.41) is 17.5. The fourth-order valence-electron chi connectivity index (χ4n) is 2.30. The number of hydrogen-bond donors (Lipinski definition) is 1. The summed E-state index contributed by atoms with van der Waals surface area (Å²) in [5.41, 5.74) is 0.674. The molecule has 1 heterocycles. The van der Waals surface area contributed by atoms with Gasteiger partial charge in [0.05, 0.1) is 18.3 Å². The van der Waals surface area contributed by atoms with E-state index in [1.165, 1.54) is 25.7 Å². The molecule has 0 aromatic carbocycles. The highest BCUT2D eigenvalue weighted by Gasteiger charge is 2.21. The lowest BCUT2D eigenvalue weighted by Crippen LogP contribution is -2.18. The molecule has 0 amide bonds. The molecule has 1 aromatic rings. The zero-order valence-corrected chi connectivity index (χ0v) is 9.43. The summed E-state index contributed by atoms with van der Waals surface area (Å²) < 4.78 is 1.93. The van der Waals surface area contributed by atoms with E-state index >= 15 is 0 Å². The molecule has 2 rings (SSSR count). The molecular weight excluding hydrogens is 190 g/mol. The van der Waals surface area contributed by atoms with Crippen LogP contribution in [0.15, 0.2) is 6.20 Å². The van der Waals surface area contributed by atoms with Crippen LogP contribution in [0.25, 0.3) is 0 Å². The Morgan fingerprint density at radius 3 is 2.93 bits per heavy atom. The molecule has 1 aromatic heterocycles. The van der Waals surface area contributed by atoms with Crippen LogP contribution in [0.1, 0.15) is 57.4 Å². The van der Waals surface area contributed by atoms with Crippen LogP contribution in [-0.2, 0) is 0 Å². The highest BCUT2D eigenvalue weighted by Crippen LogP contribution is 2.31. The van der Waals surface area contributed by atoms with Crippen molar-refractivity contribution >= 4 is 0 Å². The van der Waals surface area contributed by atoms with Gasteiger partial charge in [0.2, 0.25) is 0 Å². The molecule has 4 nitrogen and oxygen atoms in total. The highest BCUT2D eigenvalue weighted by atomic mass is 16.3. The third kappa shape index (κ3) is 2.37. The second-order valence-electron chi connectivity index (χ2n) is 4.72. The normalized spacial score (nSPS) is 29.0. The quantitative estimate of drug-likeness (QED) is 0.811. The molecule has 1 aliphatic carbocycles. The summed E-state index contributed by atoms with van der Waals surface area (Å²) in [4.78, 5) is 0. The predicted molar refractivity (Wildman–Crippen MR) is 57.3 cm³/mol. The molecule has 4 heteroatoms. The van der Waals surface area contributed by atoms with Crippen LogP contribution >= 0.6 is 0 Å². The monoisotopic (exact) mass is 209 g/mol. The first-order valence-electron chi connectivity index (χ1n) is 5.76. The fourth-order valence-corrected chi connectivity index (χ4v) is 2.30. The highest BCUT2D eigenvalue weighted by molar-refractivity contribution is 4.96. The van der Waals surface area contributed by atoms with Gasteiger partial charge >= 0.3 is 0 Å². The molecule has 84 valence electrons. The molecule has 15 heavy (non-hydrogen) atoms. The Balaban J connectivity index is 2.08. The van der Waals surface area contributed by atoms with E-state index in [1.54, 1.807) is 6.92 Å². The molecule has 1 fully saturated rings. The SMILES string of the molecule is CC1CCCC(n2cc(C(C)O)nn2)C1. The van der Waals surface area contributed by atoms with Crippen molar-refractivity contribution in [1.29, 1.82) is 0 Å². The van der Waals surface area contributed by atoms with E-state index in [9.17, 15) is 5.11 Å². The number of aliphatic hydroxyl groups excluding tert-OH is 1. The topological polar surface area (TPSA) is 50.9 Å². The number of nitrogens with zero attached hydrogens (tertiary/aromatic N) is 3. The maximum atomic E-state index is 9.37. The van der Waals surface area contributed by atoms with Gasteiger partial charge in [-0.15, -0.1) is 5.10 Å². The lowest BCUT2D eigenvalue weighted by atomic mass is 9.87. The maximum Gasteiger partial charge on any atom is 0.111 e. The van der Waals surface area contributed by atoms with Crippen molar-refractivity contribution in [2.24, 2.45) is 5.92 Å². The van der Waals surface area contributed by atoms with Gasteiger partial charge in [0.15, 0.2) is 0 Å². The first-order valence-corrected chi connectivity index (χ1v) is 5.76. The lowest BCUT2D eigenvalue weighted by molar-refractivity contribution is 0.194. The molecule has 0 saturated heterocycles. The smallest absolute Gasteiger partial charge is 0.111 e. The van der Waals surface area contributed by atoms with Crippen LogP contribution in [0.5, 0.6) is 0 Å². The largest absolute Gasteiger partial charge is 0.387 e. The van der Waals surface area contributed by atoms with Gasteiger partial charge < -0.3 is 5.11 Å². The van der Waals surface area contributed by atoms with Crippen molar-refractivity contribution in [3.63, 3.8) is 0 Å². The first kappa shape index (κ1) is 10.6. The van der Waals surface area contributed by atoms with Crippen LogP contribution in [0, 0.1) is 5.92 Å². The van der Waals surface area contributed by atoms with E-state index in [-0.39, 0.29) is 0 Å². The number of aromatic nitrogens is 3. The summed E-state index contributed by atoms with van der Waals surface area (Å²) >= 11 is 0. The Kier molecular flexibility index (Phi) is 3.05. The summed E-state index contributed by atoms with van der Waals surface area (Å²) in [7, 11) is 0. The van der Waals surface area contributed by atoms with Crippen molar-refractivity contribution in [1.82, 2.24) is 15.0 Å². The molecule has 0 bridgehead atoms. The third-order valence-corrected chi connectivity index (χ3v) is 3.24. The van der Waals surface area contributed by atoms with Gasteiger partial charge in [-0.2, -0.15) is 0 Å². The van der Waals surface area contributed by atoms with E-state index in [0.717, 1.165) is 5.92 Å². The van der Waals surface area contributed by atoms with E-state index < -0.39 is 6.10 Å². The standard InChI is InChI=1S/C11H19N3O/c1-8-4-3-5-10(6-8)14-7-11(9(2)15)12-13-14/h7-10,15H,3-6H2,1-2H3. The van der Waals surface area contributed by atoms with Crippen LogP contribution in [0.2, 0.25) is 0 Å². The van der Waals surface area contributed by atoms with Crippen molar-refractivity contribution < 1.29 is 5.11 Å². The Morgan fingerprint density at radius 1 is 1.53 bits per heavy atom. The van der Waals surface area contributed by atoms with Crippen LogP contribution in [-0.4, -0.2) is 20.1 Å². The summed E-state index contributed by atoms with van der Waals surface area (Å²) in [6.07, 6.45) is 6.34. The lowest BCUT2D eigenvalue weighted by Gasteiger charge is -2.26. The predicted octanol–water partition coefficient (Wildman–Crippen LogP) is 2.08. The Bertz CT molecular complexity index is 321. The maximum absolute atomic E-state index is 9.37. The average molecular weight is 209 g/mol. The molecular formula is C11H19N3O. The Hall–Kier alpha value is -0.900. The molecule has 1 aliphatic rings. The second kappa shape index (κ2) is 4.31. The Labute approximate surface area is 90.3 Å². The van der Waals surface area contributed by atoms with E-state index in [1.807, 2.05) is 10.9 Å². The van der Waals surface area contributed by atoms with Crippen LogP contribution < -0.4 is 0 Å². The van der Waals surface area contributed by atoms with Crippen molar-refractivity contribution in [3.05, 3.63) is 11.9 Å². The zero-order chi connectivity index (χ0) is 10.8. The minimum Gasteiger partial charge on any atom is -0.387 e. The molecule has 0 spiro atoms. The van der Waals surface area contributed by atoms with E-state index in [0.29, 0.717) is 11.7 Å². The van der Waals surface area contributed by atoms with Gasteiger partial charge in [-0.1, -0.05) is 25.0 Å². The number of rotatable bonds is 2. The molecule has 3 unspecified atom stereocenters. The molecule has 0 aliphatic heterocycles. The molecule has 3 atom stereocenters. The van der Waals surface area contributed by atoms with Crippen LogP contribution in [0.4, 0.5) is 0 Å². The van der Waals surface area contributed by atoms with Gasteiger partial charge in [-0.05, 0) is 25.7 Å². The van der Waals surface area contributed by atoms with Crippen molar-refractivity contribution in [2.45, 2.75) is 51.7 Å². The van der Waals surface area contributed by atoms with Gasteiger partial charge in [-0.3, -0.25) is 0 Å². The minimum absolute atomic E-state index is 0.480. The van der Waals surface area contributed by atoms with Crippen molar-refractivity contribution in [2.75, 3.05) is 0 Å². The average Bonchev–Trinajstić information content (AvgIpc) is 2.66. The molecule has 0 radical (unpaired) electrons. The van der Waals surface area contributed by atoms with Gasteiger partial charge in [0, 0.05) is 0 Å².